The van der Waals surface area contributed by atoms with E-state index in [1.807, 2.05) is 11.3 Å². The van der Waals surface area contributed by atoms with Crippen molar-refractivity contribution in [1.29, 1.82) is 0 Å². The number of fused-ring (bicyclic) bond motifs is 8. The zero-order chi connectivity index (χ0) is 28.3. The van der Waals surface area contributed by atoms with Crippen LogP contribution < -0.4 is 0 Å². The van der Waals surface area contributed by atoms with Gasteiger partial charge in [-0.3, -0.25) is 0 Å². The van der Waals surface area contributed by atoms with Crippen LogP contribution in [0.2, 0.25) is 0 Å². The van der Waals surface area contributed by atoms with E-state index in [1.165, 1.54) is 47.6 Å². The van der Waals surface area contributed by atoms with Crippen LogP contribution in [0.15, 0.2) is 146 Å². The Kier molecular flexibility index (Phi) is 5.40. The van der Waals surface area contributed by atoms with Gasteiger partial charge in [0.1, 0.15) is 0 Å². The molecule has 9 aromatic rings. The highest BCUT2D eigenvalue weighted by atomic mass is 32.1. The minimum Gasteiger partial charge on any atom is -0.246 e. The summed E-state index contributed by atoms with van der Waals surface area (Å²) in [7, 11) is 0. The van der Waals surface area contributed by atoms with Gasteiger partial charge in [0.2, 0.25) is 0 Å². The Balaban J connectivity index is 1.32. The molecular weight excluding hydrogens is 541 g/mol. The second-order valence-electron chi connectivity index (χ2n) is 11.0. The van der Waals surface area contributed by atoms with E-state index in [0.29, 0.717) is 0 Å². The van der Waals surface area contributed by atoms with Gasteiger partial charge in [0.05, 0.1) is 22.4 Å². The smallest absolute Gasteiger partial charge is 0.0972 e. The van der Waals surface area contributed by atoms with Crippen LogP contribution in [0.3, 0.4) is 0 Å². The summed E-state index contributed by atoms with van der Waals surface area (Å²) in [5, 5.41) is 7.27. The highest BCUT2D eigenvalue weighted by Crippen LogP contribution is 2.43. The molecule has 0 saturated heterocycles. The van der Waals surface area contributed by atoms with Gasteiger partial charge in [0, 0.05) is 36.3 Å². The molecule has 0 fully saturated rings. The van der Waals surface area contributed by atoms with Crippen molar-refractivity contribution in [3.8, 4) is 33.6 Å². The minimum atomic E-state index is 0.883. The summed E-state index contributed by atoms with van der Waals surface area (Å²) in [6, 6.07) is 51.8. The standard InChI is InChI=1S/C40H24N2S/c1-2-11-25(12-3-1)26-13-10-14-27(23-26)33-24-36(41-34-19-8-6-15-28(33)34)39-31-18-5-4-17-30(31)38-35(42-39)22-21-32-29-16-7-9-20-37(29)43-40(32)38/h1-24H. The van der Waals surface area contributed by atoms with Crippen LogP contribution in [0.25, 0.3) is 86.4 Å². The molecule has 0 aliphatic rings. The van der Waals surface area contributed by atoms with Crippen molar-refractivity contribution >= 4 is 64.1 Å². The number of pyridine rings is 2. The van der Waals surface area contributed by atoms with Gasteiger partial charge in [-0.25, -0.2) is 9.97 Å². The molecule has 0 N–H and O–H groups in total. The maximum Gasteiger partial charge on any atom is 0.0972 e. The van der Waals surface area contributed by atoms with E-state index >= 15 is 0 Å². The zero-order valence-electron chi connectivity index (χ0n) is 23.2. The van der Waals surface area contributed by atoms with E-state index in [2.05, 4.69) is 146 Å². The first-order chi connectivity index (χ1) is 21.3. The van der Waals surface area contributed by atoms with Crippen LogP contribution >= 0.6 is 11.3 Å². The van der Waals surface area contributed by atoms with E-state index in [1.54, 1.807) is 0 Å². The Hall–Kier alpha value is -5.38. The second-order valence-corrected chi connectivity index (χ2v) is 12.0. The minimum absolute atomic E-state index is 0.883. The number of nitrogens with zero attached hydrogens (tertiary/aromatic N) is 2. The van der Waals surface area contributed by atoms with Crippen LogP contribution in [0.4, 0.5) is 0 Å². The summed E-state index contributed by atoms with van der Waals surface area (Å²) in [4.78, 5) is 10.6. The van der Waals surface area contributed by atoms with Gasteiger partial charge in [-0.15, -0.1) is 11.3 Å². The van der Waals surface area contributed by atoms with Crippen molar-refractivity contribution in [1.82, 2.24) is 9.97 Å². The molecule has 0 aliphatic carbocycles. The number of hydrogen-bond acceptors (Lipinski definition) is 3. The van der Waals surface area contributed by atoms with Crippen molar-refractivity contribution < 1.29 is 0 Å². The molecule has 3 heteroatoms. The topological polar surface area (TPSA) is 25.8 Å². The van der Waals surface area contributed by atoms with Gasteiger partial charge in [-0.1, -0.05) is 115 Å². The molecule has 0 atom stereocenters. The van der Waals surface area contributed by atoms with E-state index in [4.69, 9.17) is 9.97 Å². The highest BCUT2D eigenvalue weighted by molar-refractivity contribution is 7.26. The molecule has 0 amide bonds. The van der Waals surface area contributed by atoms with E-state index < -0.39 is 0 Å². The van der Waals surface area contributed by atoms with E-state index in [0.717, 1.165) is 38.8 Å². The van der Waals surface area contributed by atoms with Crippen molar-refractivity contribution in [2.24, 2.45) is 0 Å². The van der Waals surface area contributed by atoms with Crippen LogP contribution in [-0.4, -0.2) is 9.97 Å². The predicted molar refractivity (Wildman–Crippen MR) is 184 cm³/mol. The average Bonchev–Trinajstić information content (AvgIpc) is 3.46. The third-order valence-electron chi connectivity index (χ3n) is 8.45. The summed E-state index contributed by atoms with van der Waals surface area (Å²) in [6.07, 6.45) is 0. The summed E-state index contributed by atoms with van der Waals surface area (Å²) < 4.78 is 2.59. The average molecular weight is 565 g/mol. The van der Waals surface area contributed by atoms with Crippen molar-refractivity contribution in [2.45, 2.75) is 0 Å². The quantitative estimate of drug-likeness (QED) is 0.199. The van der Waals surface area contributed by atoms with E-state index in [9.17, 15) is 0 Å². The SMILES string of the molecule is c1ccc(-c2cccc(-c3cc(-c4nc5ccc6c7ccccc7sc6c5c5ccccc45)nc4ccccc34)c2)cc1. The fraction of sp³-hybridized carbons (Fsp3) is 0. The molecule has 2 nitrogen and oxygen atoms in total. The normalized spacial score (nSPS) is 11.7. The molecule has 0 spiro atoms. The van der Waals surface area contributed by atoms with Crippen LogP contribution in [0.1, 0.15) is 0 Å². The molecule has 3 aromatic heterocycles. The predicted octanol–water partition coefficient (Wildman–Crippen LogP) is 11.3. The van der Waals surface area contributed by atoms with Crippen LogP contribution in [-0.2, 0) is 0 Å². The monoisotopic (exact) mass is 564 g/mol. The second kappa shape index (κ2) is 9.59. The highest BCUT2D eigenvalue weighted by Gasteiger charge is 2.18. The zero-order valence-corrected chi connectivity index (χ0v) is 24.0. The number of aromatic nitrogens is 2. The molecule has 9 rings (SSSR count). The fourth-order valence-electron chi connectivity index (χ4n) is 6.45. The number of benzene rings is 6. The van der Waals surface area contributed by atoms with Crippen molar-refractivity contribution in [2.75, 3.05) is 0 Å². The fourth-order valence-corrected chi connectivity index (χ4v) is 7.71. The third-order valence-corrected chi connectivity index (χ3v) is 9.65. The largest absolute Gasteiger partial charge is 0.246 e. The lowest BCUT2D eigenvalue weighted by molar-refractivity contribution is 1.34. The molecule has 3 heterocycles. The summed E-state index contributed by atoms with van der Waals surface area (Å²) in [5.74, 6) is 0. The first kappa shape index (κ1) is 24.2. The Morgan fingerprint density at radius 1 is 0.419 bits per heavy atom. The van der Waals surface area contributed by atoms with Gasteiger partial charge in [-0.05, 0) is 58.0 Å². The molecule has 0 saturated carbocycles. The molecule has 200 valence electrons. The molecular formula is C40H24N2S. The molecule has 6 aromatic carbocycles. The molecule has 0 unspecified atom stereocenters. The molecule has 0 aliphatic heterocycles. The van der Waals surface area contributed by atoms with Crippen LogP contribution in [0.5, 0.6) is 0 Å². The first-order valence-electron chi connectivity index (χ1n) is 14.5. The Labute approximate surface area is 252 Å². The number of hydrogen-bond donors (Lipinski definition) is 0. The Bertz CT molecular complexity index is 2510. The maximum absolute atomic E-state index is 5.34. The van der Waals surface area contributed by atoms with Gasteiger partial charge in [-0.2, -0.15) is 0 Å². The molecule has 0 bridgehead atoms. The van der Waals surface area contributed by atoms with Gasteiger partial charge in [0.25, 0.3) is 0 Å². The lowest BCUT2D eigenvalue weighted by atomic mass is 9.95. The Morgan fingerprint density at radius 2 is 1.12 bits per heavy atom. The Morgan fingerprint density at radius 3 is 2.00 bits per heavy atom. The lowest BCUT2D eigenvalue weighted by Gasteiger charge is -2.14. The van der Waals surface area contributed by atoms with Crippen molar-refractivity contribution in [3.63, 3.8) is 0 Å². The third kappa shape index (κ3) is 3.86. The van der Waals surface area contributed by atoms with Crippen molar-refractivity contribution in [3.05, 3.63) is 146 Å². The first-order valence-corrected chi connectivity index (χ1v) is 15.3. The lowest BCUT2D eigenvalue weighted by Crippen LogP contribution is -1.95. The van der Waals surface area contributed by atoms with Crippen LogP contribution in [0, 0.1) is 0 Å². The maximum atomic E-state index is 5.34. The number of rotatable bonds is 3. The van der Waals surface area contributed by atoms with Gasteiger partial charge >= 0.3 is 0 Å². The van der Waals surface area contributed by atoms with Gasteiger partial charge in [0.15, 0.2) is 0 Å². The molecule has 0 radical (unpaired) electrons. The van der Waals surface area contributed by atoms with Gasteiger partial charge < -0.3 is 0 Å². The summed E-state index contributed by atoms with van der Waals surface area (Å²) in [6.45, 7) is 0. The number of thiophene rings is 1. The molecule has 43 heavy (non-hydrogen) atoms. The summed E-state index contributed by atoms with van der Waals surface area (Å²) in [5.41, 5.74) is 8.48. The number of para-hydroxylation sites is 1. The van der Waals surface area contributed by atoms with E-state index in [-0.39, 0.29) is 0 Å². The summed E-state index contributed by atoms with van der Waals surface area (Å²) >= 11 is 1.85.